The highest BCUT2D eigenvalue weighted by molar-refractivity contribution is 5.94. The largest absolute Gasteiger partial charge is 0.480 e. The smallest absolute Gasteiger partial charge is 0.234 e. The minimum Gasteiger partial charge on any atom is -0.480 e. The van der Waals surface area contributed by atoms with E-state index in [1.54, 1.807) is 11.1 Å². The molecule has 1 aliphatic rings. The van der Waals surface area contributed by atoms with Crippen molar-refractivity contribution in [2.45, 2.75) is 6.42 Å². The van der Waals surface area contributed by atoms with E-state index in [4.69, 9.17) is 10.5 Å². The SMILES string of the molecule is COc1cncc(N2CC(CN)CC2=O)n1. The summed E-state index contributed by atoms with van der Waals surface area (Å²) in [5.74, 6) is 1.18. The standard InChI is InChI=1S/C10H14N4O2/c1-16-9-5-12-4-8(13-9)14-6-7(3-11)2-10(14)15/h4-5,7H,2-3,6,11H2,1H3. The number of ether oxygens (including phenoxy) is 1. The van der Waals surface area contributed by atoms with Crippen molar-refractivity contribution >= 4 is 11.7 Å². The summed E-state index contributed by atoms with van der Waals surface area (Å²) in [5, 5.41) is 0. The Labute approximate surface area is 93.4 Å². The molecule has 0 saturated carbocycles. The van der Waals surface area contributed by atoms with E-state index in [1.807, 2.05) is 0 Å². The van der Waals surface area contributed by atoms with E-state index in [0.717, 1.165) is 0 Å². The van der Waals surface area contributed by atoms with Gasteiger partial charge in [0.2, 0.25) is 11.8 Å². The number of amides is 1. The molecular weight excluding hydrogens is 208 g/mol. The molecule has 0 bridgehead atoms. The van der Waals surface area contributed by atoms with Crippen molar-refractivity contribution in [3.63, 3.8) is 0 Å². The van der Waals surface area contributed by atoms with Gasteiger partial charge in [0.15, 0.2) is 5.82 Å². The van der Waals surface area contributed by atoms with Crippen LogP contribution in [0, 0.1) is 5.92 Å². The van der Waals surface area contributed by atoms with E-state index in [9.17, 15) is 4.79 Å². The van der Waals surface area contributed by atoms with Gasteiger partial charge in [-0.2, -0.15) is 4.98 Å². The van der Waals surface area contributed by atoms with Gasteiger partial charge in [-0.05, 0) is 12.5 Å². The van der Waals surface area contributed by atoms with Gasteiger partial charge in [0, 0.05) is 13.0 Å². The third-order valence-electron chi connectivity index (χ3n) is 2.62. The zero-order valence-electron chi connectivity index (χ0n) is 9.09. The van der Waals surface area contributed by atoms with E-state index >= 15 is 0 Å². The Morgan fingerprint density at radius 3 is 3.06 bits per heavy atom. The van der Waals surface area contributed by atoms with Crippen LogP contribution in [-0.4, -0.2) is 36.1 Å². The van der Waals surface area contributed by atoms with Crippen LogP contribution in [0.1, 0.15) is 6.42 Å². The van der Waals surface area contributed by atoms with Gasteiger partial charge in [-0.3, -0.25) is 14.7 Å². The summed E-state index contributed by atoms with van der Waals surface area (Å²) in [7, 11) is 1.52. The molecule has 0 aromatic carbocycles. The molecule has 1 aromatic rings. The van der Waals surface area contributed by atoms with Gasteiger partial charge in [-0.25, -0.2) is 0 Å². The van der Waals surface area contributed by atoms with Crippen LogP contribution in [0.2, 0.25) is 0 Å². The molecule has 2 rings (SSSR count). The lowest BCUT2D eigenvalue weighted by atomic mass is 10.1. The molecule has 1 aromatic heterocycles. The van der Waals surface area contributed by atoms with Gasteiger partial charge < -0.3 is 10.5 Å². The maximum Gasteiger partial charge on any atom is 0.234 e. The highest BCUT2D eigenvalue weighted by Crippen LogP contribution is 2.23. The summed E-state index contributed by atoms with van der Waals surface area (Å²) in [6.45, 7) is 1.12. The van der Waals surface area contributed by atoms with Crippen LogP contribution in [0.3, 0.4) is 0 Å². The van der Waals surface area contributed by atoms with E-state index in [2.05, 4.69) is 9.97 Å². The maximum absolute atomic E-state index is 11.7. The summed E-state index contributed by atoms with van der Waals surface area (Å²) < 4.78 is 4.97. The van der Waals surface area contributed by atoms with Gasteiger partial charge in [0.25, 0.3) is 0 Å². The van der Waals surface area contributed by atoms with Crippen molar-refractivity contribution < 1.29 is 9.53 Å². The summed E-state index contributed by atoms with van der Waals surface area (Å²) in [6, 6.07) is 0. The number of carbonyl (C=O) groups excluding carboxylic acids is 1. The Bertz CT molecular complexity index is 396. The van der Waals surface area contributed by atoms with E-state index in [1.165, 1.54) is 13.3 Å². The lowest BCUT2D eigenvalue weighted by Gasteiger charge is -2.15. The van der Waals surface area contributed by atoms with E-state index < -0.39 is 0 Å². The normalized spacial score (nSPS) is 20.2. The first-order valence-electron chi connectivity index (χ1n) is 5.11. The zero-order valence-corrected chi connectivity index (χ0v) is 9.09. The average Bonchev–Trinajstić information content (AvgIpc) is 2.71. The average molecular weight is 222 g/mol. The second-order valence-electron chi connectivity index (χ2n) is 3.73. The van der Waals surface area contributed by atoms with Crippen molar-refractivity contribution in [2.24, 2.45) is 11.7 Å². The highest BCUT2D eigenvalue weighted by Gasteiger charge is 2.30. The van der Waals surface area contributed by atoms with Crippen LogP contribution >= 0.6 is 0 Å². The zero-order chi connectivity index (χ0) is 11.5. The molecule has 2 heterocycles. The first-order chi connectivity index (χ1) is 7.74. The molecule has 86 valence electrons. The molecule has 0 aliphatic carbocycles. The molecule has 1 atom stereocenters. The number of methoxy groups -OCH3 is 1. The number of carbonyl (C=O) groups is 1. The van der Waals surface area contributed by atoms with Crippen LogP contribution in [0.25, 0.3) is 0 Å². The molecule has 0 spiro atoms. The highest BCUT2D eigenvalue weighted by atomic mass is 16.5. The van der Waals surface area contributed by atoms with Crippen molar-refractivity contribution in [3.8, 4) is 5.88 Å². The topological polar surface area (TPSA) is 81.3 Å². The van der Waals surface area contributed by atoms with Crippen LogP contribution in [0.4, 0.5) is 5.82 Å². The fourth-order valence-electron chi connectivity index (χ4n) is 1.73. The molecule has 1 unspecified atom stereocenters. The molecule has 1 aliphatic heterocycles. The number of aromatic nitrogens is 2. The molecule has 6 heteroatoms. The number of nitrogens with two attached hydrogens (primary N) is 1. The fourth-order valence-corrected chi connectivity index (χ4v) is 1.73. The van der Waals surface area contributed by atoms with Crippen molar-refractivity contribution in [1.82, 2.24) is 9.97 Å². The van der Waals surface area contributed by atoms with Crippen LogP contribution in [0.5, 0.6) is 5.88 Å². The van der Waals surface area contributed by atoms with Gasteiger partial charge in [-0.1, -0.05) is 0 Å². The molecule has 0 radical (unpaired) electrons. The van der Waals surface area contributed by atoms with Gasteiger partial charge >= 0.3 is 0 Å². The summed E-state index contributed by atoms with van der Waals surface area (Å²) in [6.07, 6.45) is 3.54. The summed E-state index contributed by atoms with van der Waals surface area (Å²) >= 11 is 0. The minimum absolute atomic E-state index is 0.0398. The van der Waals surface area contributed by atoms with Crippen molar-refractivity contribution in [3.05, 3.63) is 12.4 Å². The third-order valence-corrected chi connectivity index (χ3v) is 2.62. The minimum atomic E-state index is 0.0398. The first-order valence-corrected chi connectivity index (χ1v) is 5.11. The Morgan fingerprint density at radius 1 is 1.62 bits per heavy atom. The number of nitrogens with zero attached hydrogens (tertiary/aromatic N) is 3. The van der Waals surface area contributed by atoms with E-state index in [-0.39, 0.29) is 11.8 Å². The maximum atomic E-state index is 11.7. The van der Waals surface area contributed by atoms with Crippen LogP contribution in [0.15, 0.2) is 12.4 Å². The van der Waals surface area contributed by atoms with Crippen LogP contribution < -0.4 is 15.4 Å². The molecule has 1 fully saturated rings. The predicted molar refractivity (Wildman–Crippen MR) is 58.1 cm³/mol. The molecule has 16 heavy (non-hydrogen) atoms. The number of hydrogen-bond acceptors (Lipinski definition) is 5. The monoisotopic (exact) mass is 222 g/mol. The molecule has 1 amide bonds. The first kappa shape index (κ1) is 10.8. The van der Waals surface area contributed by atoms with Crippen molar-refractivity contribution in [2.75, 3.05) is 25.1 Å². The Balaban J connectivity index is 2.20. The summed E-state index contributed by atoms with van der Waals surface area (Å²) in [4.78, 5) is 21.5. The van der Waals surface area contributed by atoms with Gasteiger partial charge in [0.05, 0.1) is 19.5 Å². The number of anilines is 1. The van der Waals surface area contributed by atoms with E-state index in [0.29, 0.717) is 31.2 Å². The Kier molecular flexibility index (Phi) is 3.00. The second kappa shape index (κ2) is 4.44. The third kappa shape index (κ3) is 1.96. The Hall–Kier alpha value is -1.69. The lowest BCUT2D eigenvalue weighted by molar-refractivity contribution is -0.117. The molecule has 2 N–H and O–H groups in total. The molecule has 6 nitrogen and oxygen atoms in total. The number of rotatable bonds is 3. The van der Waals surface area contributed by atoms with Crippen molar-refractivity contribution in [1.29, 1.82) is 0 Å². The van der Waals surface area contributed by atoms with Gasteiger partial charge in [0.1, 0.15) is 0 Å². The predicted octanol–water partition coefficient (Wildman–Crippen LogP) is -0.203. The number of hydrogen-bond donors (Lipinski definition) is 1. The molecular formula is C10H14N4O2. The fraction of sp³-hybridized carbons (Fsp3) is 0.500. The summed E-state index contributed by atoms with van der Waals surface area (Å²) in [5.41, 5.74) is 5.55. The molecule has 1 saturated heterocycles. The van der Waals surface area contributed by atoms with Gasteiger partial charge in [-0.15, -0.1) is 0 Å². The second-order valence-corrected chi connectivity index (χ2v) is 3.73. The quantitative estimate of drug-likeness (QED) is 0.765. The van der Waals surface area contributed by atoms with Crippen LogP contribution in [-0.2, 0) is 4.79 Å². The lowest BCUT2D eigenvalue weighted by Crippen LogP contribution is -2.26. The Morgan fingerprint density at radius 2 is 2.44 bits per heavy atom.